The van der Waals surface area contributed by atoms with Crippen molar-refractivity contribution in [2.75, 3.05) is 33.4 Å². The van der Waals surface area contributed by atoms with Crippen LogP contribution in [0.3, 0.4) is 0 Å². The van der Waals surface area contributed by atoms with E-state index in [1.807, 2.05) is 0 Å². The van der Waals surface area contributed by atoms with Crippen LogP contribution in [-0.2, 0) is 14.3 Å². The van der Waals surface area contributed by atoms with E-state index in [0.717, 1.165) is 0 Å². The molecule has 0 radical (unpaired) electrons. The third-order valence-electron chi connectivity index (χ3n) is 2.55. The lowest BCUT2D eigenvalue weighted by atomic mass is 10.2. The Balaban J connectivity index is 2.14. The summed E-state index contributed by atoms with van der Waals surface area (Å²) in [6, 6.07) is -0.148. The molecule has 8 heteroatoms. The Kier molecular flexibility index (Phi) is 5.83. The van der Waals surface area contributed by atoms with Crippen molar-refractivity contribution >= 4 is 5.91 Å². The lowest BCUT2D eigenvalue weighted by Gasteiger charge is -2.18. The summed E-state index contributed by atoms with van der Waals surface area (Å²) in [5.74, 6) is -0.340. The van der Waals surface area contributed by atoms with Gasteiger partial charge in [0.1, 0.15) is 6.61 Å². The molecule has 1 aliphatic rings. The molecule has 0 spiro atoms. The molecule has 1 rings (SSSR count). The molecule has 106 valence electrons. The van der Waals surface area contributed by atoms with Gasteiger partial charge in [-0.3, -0.25) is 4.79 Å². The Morgan fingerprint density at radius 3 is 2.78 bits per heavy atom. The first-order valence-corrected chi connectivity index (χ1v) is 5.60. The number of carbonyl (C=O) groups excluding carboxylic acids is 1. The van der Waals surface area contributed by atoms with Crippen molar-refractivity contribution < 1.29 is 27.4 Å². The zero-order valence-corrected chi connectivity index (χ0v) is 10.0. The first-order chi connectivity index (χ1) is 8.42. The Labute approximate surface area is 103 Å². The number of methoxy groups -OCH3 is 1. The Bertz CT molecular complexity index is 274. The summed E-state index contributed by atoms with van der Waals surface area (Å²) in [5.41, 5.74) is 0. The van der Waals surface area contributed by atoms with Gasteiger partial charge in [0.25, 0.3) is 0 Å². The molecule has 1 fully saturated rings. The third-order valence-corrected chi connectivity index (χ3v) is 2.55. The molecule has 1 aliphatic heterocycles. The van der Waals surface area contributed by atoms with Crippen molar-refractivity contribution in [2.45, 2.75) is 24.7 Å². The van der Waals surface area contributed by atoms with Gasteiger partial charge in [-0.15, -0.1) is 0 Å². The molecule has 1 unspecified atom stereocenters. The van der Waals surface area contributed by atoms with Crippen LogP contribution in [0, 0.1) is 0 Å². The number of alkyl halides is 3. The summed E-state index contributed by atoms with van der Waals surface area (Å²) in [7, 11) is 1.54. The predicted molar refractivity (Wildman–Crippen MR) is 57.1 cm³/mol. The van der Waals surface area contributed by atoms with Crippen LogP contribution in [-0.4, -0.2) is 57.6 Å². The van der Waals surface area contributed by atoms with Crippen LogP contribution >= 0.6 is 0 Å². The van der Waals surface area contributed by atoms with Crippen LogP contribution < -0.4 is 10.6 Å². The van der Waals surface area contributed by atoms with Crippen molar-refractivity contribution in [3.05, 3.63) is 0 Å². The van der Waals surface area contributed by atoms with Crippen molar-refractivity contribution in [3.8, 4) is 0 Å². The lowest BCUT2D eigenvalue weighted by molar-refractivity contribution is -0.174. The first-order valence-electron chi connectivity index (χ1n) is 5.60. The molecular formula is C10H17F3N2O3. The fraction of sp³-hybridized carbons (Fsp3) is 0.900. The molecule has 1 amide bonds. The highest BCUT2D eigenvalue weighted by atomic mass is 19.4. The van der Waals surface area contributed by atoms with E-state index in [9.17, 15) is 18.0 Å². The van der Waals surface area contributed by atoms with E-state index in [4.69, 9.17) is 4.74 Å². The fourth-order valence-corrected chi connectivity index (χ4v) is 1.68. The SMILES string of the molecule is CO[C@H]1CNCC1NC(=O)CCOCC(F)(F)F. The van der Waals surface area contributed by atoms with E-state index in [1.165, 1.54) is 0 Å². The van der Waals surface area contributed by atoms with Gasteiger partial charge in [-0.05, 0) is 0 Å². The van der Waals surface area contributed by atoms with Crippen LogP contribution in [0.25, 0.3) is 0 Å². The molecule has 0 aromatic heterocycles. The first kappa shape index (κ1) is 15.2. The number of carbonyl (C=O) groups is 1. The standard InChI is InChI=1S/C10H17F3N2O3/c1-17-8-5-14-4-7(8)15-9(16)2-3-18-6-10(11,12)13/h7-8,14H,2-6H2,1H3,(H,15,16)/t7?,8-/m0/s1. The molecule has 1 saturated heterocycles. The molecule has 2 atom stereocenters. The number of ether oxygens (including phenoxy) is 2. The van der Waals surface area contributed by atoms with Gasteiger partial charge in [0, 0.05) is 26.6 Å². The topological polar surface area (TPSA) is 59.6 Å². The molecule has 1 heterocycles. The second kappa shape index (κ2) is 6.91. The van der Waals surface area contributed by atoms with Gasteiger partial charge in [-0.1, -0.05) is 0 Å². The molecule has 5 nitrogen and oxygen atoms in total. The summed E-state index contributed by atoms with van der Waals surface area (Å²) in [6.07, 6.45) is -4.55. The molecule has 0 aromatic rings. The molecular weight excluding hydrogens is 253 g/mol. The average molecular weight is 270 g/mol. The Hall–Kier alpha value is -0.860. The van der Waals surface area contributed by atoms with Crippen molar-refractivity contribution in [2.24, 2.45) is 0 Å². The maximum atomic E-state index is 11.8. The highest BCUT2D eigenvalue weighted by Gasteiger charge is 2.29. The number of halogens is 3. The maximum Gasteiger partial charge on any atom is 0.411 e. The third kappa shape index (κ3) is 5.65. The summed E-state index contributed by atoms with van der Waals surface area (Å²) in [4.78, 5) is 11.4. The van der Waals surface area contributed by atoms with E-state index < -0.39 is 12.8 Å². The average Bonchev–Trinajstić information content (AvgIpc) is 2.70. The molecule has 2 N–H and O–H groups in total. The summed E-state index contributed by atoms with van der Waals surface area (Å²) >= 11 is 0. The van der Waals surface area contributed by atoms with E-state index in [1.54, 1.807) is 7.11 Å². The number of hydrogen-bond donors (Lipinski definition) is 2. The summed E-state index contributed by atoms with van der Waals surface area (Å²) < 4.78 is 44.8. The number of rotatable bonds is 6. The second-order valence-corrected chi connectivity index (χ2v) is 4.02. The highest BCUT2D eigenvalue weighted by molar-refractivity contribution is 5.76. The summed E-state index contributed by atoms with van der Waals surface area (Å²) in [6.45, 7) is -0.339. The van der Waals surface area contributed by atoms with E-state index in [-0.39, 0.29) is 31.1 Å². The molecule has 0 aliphatic carbocycles. The monoisotopic (exact) mass is 270 g/mol. The quantitative estimate of drug-likeness (QED) is 0.670. The van der Waals surface area contributed by atoms with Crippen molar-refractivity contribution in [3.63, 3.8) is 0 Å². The van der Waals surface area contributed by atoms with Gasteiger partial charge >= 0.3 is 6.18 Å². The van der Waals surface area contributed by atoms with Crippen molar-refractivity contribution in [1.82, 2.24) is 10.6 Å². The van der Waals surface area contributed by atoms with Gasteiger partial charge in [-0.25, -0.2) is 0 Å². The van der Waals surface area contributed by atoms with Crippen LogP contribution in [0.1, 0.15) is 6.42 Å². The molecule has 18 heavy (non-hydrogen) atoms. The predicted octanol–water partition coefficient (Wildman–Crippen LogP) is 0.0584. The zero-order chi connectivity index (χ0) is 13.6. The van der Waals surface area contributed by atoms with Gasteiger partial charge in [0.05, 0.1) is 18.8 Å². The second-order valence-electron chi connectivity index (χ2n) is 4.02. The van der Waals surface area contributed by atoms with Gasteiger partial charge in [0.15, 0.2) is 0 Å². The highest BCUT2D eigenvalue weighted by Crippen LogP contribution is 2.14. The van der Waals surface area contributed by atoms with Gasteiger partial charge < -0.3 is 20.1 Å². The number of amides is 1. The zero-order valence-electron chi connectivity index (χ0n) is 10.0. The smallest absolute Gasteiger partial charge is 0.378 e. The van der Waals surface area contributed by atoms with Gasteiger partial charge in [-0.2, -0.15) is 13.2 Å². The van der Waals surface area contributed by atoms with Gasteiger partial charge in [0.2, 0.25) is 5.91 Å². The van der Waals surface area contributed by atoms with Crippen molar-refractivity contribution in [1.29, 1.82) is 0 Å². The van der Waals surface area contributed by atoms with Crippen LogP contribution in [0.5, 0.6) is 0 Å². The van der Waals surface area contributed by atoms with Crippen LogP contribution in [0.2, 0.25) is 0 Å². The fourth-order valence-electron chi connectivity index (χ4n) is 1.68. The molecule has 0 bridgehead atoms. The minimum atomic E-state index is -4.35. The Morgan fingerprint density at radius 2 is 2.17 bits per heavy atom. The minimum Gasteiger partial charge on any atom is -0.378 e. The molecule has 0 saturated carbocycles. The Morgan fingerprint density at radius 1 is 1.44 bits per heavy atom. The molecule has 0 aromatic carbocycles. The van der Waals surface area contributed by atoms with E-state index in [0.29, 0.717) is 13.1 Å². The summed E-state index contributed by atoms with van der Waals surface area (Å²) in [5, 5.41) is 5.74. The maximum absolute atomic E-state index is 11.8. The minimum absolute atomic E-state index is 0.0942. The number of nitrogens with one attached hydrogen (secondary N) is 2. The van der Waals surface area contributed by atoms with E-state index >= 15 is 0 Å². The van der Waals surface area contributed by atoms with Crippen LogP contribution in [0.4, 0.5) is 13.2 Å². The van der Waals surface area contributed by atoms with E-state index in [2.05, 4.69) is 15.4 Å². The van der Waals surface area contributed by atoms with Crippen LogP contribution in [0.15, 0.2) is 0 Å². The normalized spacial score (nSPS) is 24.2. The lowest BCUT2D eigenvalue weighted by Crippen LogP contribution is -2.43. The number of hydrogen-bond acceptors (Lipinski definition) is 4. The largest absolute Gasteiger partial charge is 0.411 e.